The summed E-state index contributed by atoms with van der Waals surface area (Å²) in [6, 6.07) is 12.4. The average molecular weight is 379 g/mol. The second-order valence-electron chi connectivity index (χ2n) is 5.34. The van der Waals surface area contributed by atoms with Crippen molar-refractivity contribution >= 4 is 11.9 Å². The summed E-state index contributed by atoms with van der Waals surface area (Å²) >= 11 is 0. The van der Waals surface area contributed by atoms with Crippen molar-refractivity contribution in [3.05, 3.63) is 59.4 Å². The van der Waals surface area contributed by atoms with E-state index >= 15 is 0 Å². The van der Waals surface area contributed by atoms with E-state index in [1.165, 1.54) is 12.1 Å². The highest BCUT2D eigenvalue weighted by atomic mass is 19.1. The van der Waals surface area contributed by atoms with E-state index in [0.717, 1.165) is 35.6 Å². The molecule has 0 unspecified atom stereocenters. The van der Waals surface area contributed by atoms with Crippen LogP contribution in [0.25, 0.3) is 0 Å². The molecule has 27 heavy (non-hydrogen) atoms. The molecule has 0 spiro atoms. The van der Waals surface area contributed by atoms with E-state index in [1.807, 2.05) is 30.3 Å². The first-order valence-electron chi connectivity index (χ1n) is 7.99. The Bertz CT molecular complexity index is 736. The van der Waals surface area contributed by atoms with E-state index in [1.54, 1.807) is 14.2 Å². The lowest BCUT2D eigenvalue weighted by molar-refractivity contribution is -0.159. The molecule has 0 aliphatic heterocycles. The Hall–Kier alpha value is -3.13. The number of ether oxygens (including phenoxy) is 2. The smallest absolute Gasteiger partial charge is 0.414 e. The second kappa shape index (κ2) is 11.5. The summed E-state index contributed by atoms with van der Waals surface area (Å²) in [6.07, 6.45) is 0.860. The van der Waals surface area contributed by atoms with Gasteiger partial charge in [-0.05, 0) is 36.7 Å². The van der Waals surface area contributed by atoms with Gasteiger partial charge in [0.25, 0.3) is 0 Å². The number of aliphatic carboxylic acids is 2. The zero-order chi connectivity index (χ0) is 20.2. The first-order valence-corrected chi connectivity index (χ1v) is 7.99. The summed E-state index contributed by atoms with van der Waals surface area (Å²) in [7, 11) is 3.28. The zero-order valence-electron chi connectivity index (χ0n) is 15.1. The largest absolute Gasteiger partial charge is 0.497 e. The summed E-state index contributed by atoms with van der Waals surface area (Å²) in [6.45, 7) is 1.54. The monoisotopic (exact) mass is 379 g/mol. The Labute approximate surface area is 156 Å². The van der Waals surface area contributed by atoms with Gasteiger partial charge in [0.05, 0.1) is 14.2 Å². The topological polar surface area (TPSA) is 105 Å². The number of carboxylic acid groups (broad SMARTS) is 2. The molecule has 0 radical (unpaired) electrons. The molecular formula is C19H22FNO6. The van der Waals surface area contributed by atoms with E-state index in [9.17, 15) is 4.39 Å². The third kappa shape index (κ3) is 8.19. The van der Waals surface area contributed by atoms with Gasteiger partial charge in [0.2, 0.25) is 0 Å². The van der Waals surface area contributed by atoms with Crippen molar-refractivity contribution < 1.29 is 33.7 Å². The van der Waals surface area contributed by atoms with Gasteiger partial charge in [-0.1, -0.05) is 18.2 Å². The minimum atomic E-state index is -1.82. The molecule has 0 saturated carbocycles. The number of carbonyl (C=O) groups is 2. The molecular weight excluding hydrogens is 357 g/mol. The highest BCUT2D eigenvalue weighted by Crippen LogP contribution is 2.24. The molecule has 7 nitrogen and oxygen atoms in total. The number of rotatable bonds is 7. The zero-order valence-corrected chi connectivity index (χ0v) is 15.1. The standard InChI is InChI=1S/C17H20FNO2.C2H2O4/c1-20-16-8-5-14(17(11-16)21-2)12-19-10-9-13-3-6-15(18)7-4-13;3-1(4)2(5)6/h3-8,11,19H,9-10,12H2,1-2H3;(H,3,4)(H,5,6). The van der Waals surface area contributed by atoms with Crippen LogP contribution in [0, 0.1) is 5.82 Å². The van der Waals surface area contributed by atoms with Crippen molar-refractivity contribution in [1.29, 1.82) is 0 Å². The summed E-state index contributed by atoms with van der Waals surface area (Å²) < 4.78 is 23.3. The molecule has 8 heteroatoms. The van der Waals surface area contributed by atoms with Crippen LogP contribution in [-0.2, 0) is 22.6 Å². The first kappa shape index (κ1) is 21.9. The fourth-order valence-electron chi connectivity index (χ4n) is 2.10. The van der Waals surface area contributed by atoms with Gasteiger partial charge < -0.3 is 25.0 Å². The van der Waals surface area contributed by atoms with Crippen LogP contribution >= 0.6 is 0 Å². The Morgan fingerprint density at radius 2 is 1.63 bits per heavy atom. The van der Waals surface area contributed by atoms with Gasteiger partial charge in [-0.2, -0.15) is 0 Å². The predicted octanol–water partition coefficient (Wildman–Crippen LogP) is 2.33. The summed E-state index contributed by atoms with van der Waals surface area (Å²) in [4.78, 5) is 18.2. The number of halogens is 1. The Morgan fingerprint density at radius 3 is 2.15 bits per heavy atom. The van der Waals surface area contributed by atoms with Crippen molar-refractivity contribution in [3.8, 4) is 11.5 Å². The first-order chi connectivity index (χ1) is 12.9. The summed E-state index contributed by atoms with van der Waals surface area (Å²) in [5.41, 5.74) is 2.20. The SMILES string of the molecule is COc1ccc(CNCCc2ccc(F)cc2)c(OC)c1.O=C(O)C(=O)O. The van der Waals surface area contributed by atoms with E-state index in [0.29, 0.717) is 6.54 Å². The van der Waals surface area contributed by atoms with Crippen LogP contribution in [0.4, 0.5) is 4.39 Å². The van der Waals surface area contributed by atoms with E-state index in [-0.39, 0.29) is 5.82 Å². The molecule has 2 aromatic carbocycles. The lowest BCUT2D eigenvalue weighted by atomic mass is 10.1. The normalized spacial score (nSPS) is 9.74. The molecule has 0 aliphatic carbocycles. The maximum Gasteiger partial charge on any atom is 0.414 e. The number of hydrogen-bond donors (Lipinski definition) is 3. The average Bonchev–Trinajstić information content (AvgIpc) is 2.67. The van der Waals surface area contributed by atoms with Crippen LogP contribution in [-0.4, -0.2) is 42.9 Å². The highest BCUT2D eigenvalue weighted by Gasteiger charge is 2.05. The molecule has 2 aromatic rings. The molecule has 0 aliphatic rings. The van der Waals surface area contributed by atoms with Crippen molar-refractivity contribution in [2.45, 2.75) is 13.0 Å². The van der Waals surface area contributed by atoms with Crippen LogP contribution in [0.15, 0.2) is 42.5 Å². The predicted molar refractivity (Wildman–Crippen MR) is 96.6 cm³/mol. The molecule has 2 rings (SSSR count). The van der Waals surface area contributed by atoms with E-state index < -0.39 is 11.9 Å². The van der Waals surface area contributed by atoms with Crippen LogP contribution in [0.2, 0.25) is 0 Å². The van der Waals surface area contributed by atoms with Crippen molar-refractivity contribution in [2.75, 3.05) is 20.8 Å². The highest BCUT2D eigenvalue weighted by molar-refractivity contribution is 6.27. The third-order valence-corrected chi connectivity index (χ3v) is 3.50. The fraction of sp³-hybridized carbons (Fsp3) is 0.263. The molecule has 3 N–H and O–H groups in total. The van der Waals surface area contributed by atoms with Gasteiger partial charge in [0, 0.05) is 18.2 Å². The van der Waals surface area contributed by atoms with Gasteiger partial charge >= 0.3 is 11.9 Å². The molecule has 0 aromatic heterocycles. The minimum absolute atomic E-state index is 0.199. The molecule has 0 saturated heterocycles. The van der Waals surface area contributed by atoms with Crippen LogP contribution in [0.1, 0.15) is 11.1 Å². The summed E-state index contributed by atoms with van der Waals surface area (Å²) in [5.74, 6) is -2.26. The van der Waals surface area contributed by atoms with Gasteiger partial charge in [-0.15, -0.1) is 0 Å². The van der Waals surface area contributed by atoms with E-state index in [2.05, 4.69) is 5.32 Å². The second-order valence-corrected chi connectivity index (χ2v) is 5.34. The molecule has 0 atom stereocenters. The number of methoxy groups -OCH3 is 2. The molecule has 0 heterocycles. The van der Waals surface area contributed by atoms with E-state index in [4.69, 9.17) is 29.3 Å². The third-order valence-electron chi connectivity index (χ3n) is 3.50. The Balaban J connectivity index is 0.000000527. The number of hydrogen-bond acceptors (Lipinski definition) is 5. The molecule has 0 fully saturated rings. The lowest BCUT2D eigenvalue weighted by Gasteiger charge is -2.11. The maximum atomic E-state index is 12.8. The fourth-order valence-corrected chi connectivity index (χ4v) is 2.10. The number of nitrogens with one attached hydrogen (secondary N) is 1. The number of benzene rings is 2. The minimum Gasteiger partial charge on any atom is -0.497 e. The van der Waals surface area contributed by atoms with Gasteiger partial charge in [-0.3, -0.25) is 0 Å². The molecule has 0 amide bonds. The van der Waals surface area contributed by atoms with Crippen LogP contribution in [0.3, 0.4) is 0 Å². The maximum absolute atomic E-state index is 12.8. The quantitative estimate of drug-likeness (QED) is 0.501. The number of carboxylic acids is 2. The van der Waals surface area contributed by atoms with Crippen molar-refractivity contribution in [2.24, 2.45) is 0 Å². The van der Waals surface area contributed by atoms with Crippen molar-refractivity contribution in [1.82, 2.24) is 5.32 Å². The van der Waals surface area contributed by atoms with Gasteiger partial charge in [0.15, 0.2) is 0 Å². The lowest BCUT2D eigenvalue weighted by Crippen LogP contribution is -2.17. The van der Waals surface area contributed by atoms with Crippen LogP contribution < -0.4 is 14.8 Å². The molecule has 0 bridgehead atoms. The van der Waals surface area contributed by atoms with Gasteiger partial charge in [-0.25, -0.2) is 14.0 Å². The molecule has 146 valence electrons. The van der Waals surface area contributed by atoms with Crippen molar-refractivity contribution in [3.63, 3.8) is 0 Å². The summed E-state index contributed by atoms with van der Waals surface area (Å²) in [5, 5.41) is 18.1. The van der Waals surface area contributed by atoms with Crippen LogP contribution in [0.5, 0.6) is 11.5 Å². The Kier molecular flexibility index (Phi) is 9.32. The Morgan fingerprint density at radius 1 is 1.00 bits per heavy atom. The van der Waals surface area contributed by atoms with Gasteiger partial charge in [0.1, 0.15) is 17.3 Å².